The number of aryl methyl sites for hydroxylation is 2. The van der Waals surface area contributed by atoms with E-state index < -0.39 is 17.7 Å². The largest absolute Gasteiger partial charge is 0.507 e. The molecule has 5 nitrogen and oxygen atoms in total. The van der Waals surface area contributed by atoms with Crippen molar-refractivity contribution < 1.29 is 19.4 Å². The molecule has 1 saturated heterocycles. The van der Waals surface area contributed by atoms with Crippen LogP contribution in [0.5, 0.6) is 5.75 Å². The zero-order chi connectivity index (χ0) is 26.8. The summed E-state index contributed by atoms with van der Waals surface area (Å²) >= 11 is 0. The molecule has 1 amide bonds. The highest BCUT2D eigenvalue weighted by molar-refractivity contribution is 6.51. The van der Waals surface area contributed by atoms with Gasteiger partial charge in [-0.3, -0.25) is 14.5 Å². The van der Waals surface area contributed by atoms with Crippen molar-refractivity contribution in [3.05, 3.63) is 137 Å². The van der Waals surface area contributed by atoms with Crippen molar-refractivity contribution in [1.82, 2.24) is 0 Å². The Labute approximate surface area is 228 Å². The summed E-state index contributed by atoms with van der Waals surface area (Å²) in [5.74, 6) is -0.902. The molecule has 1 heterocycles. The number of rotatable bonds is 6. The lowest BCUT2D eigenvalue weighted by atomic mass is 9.88. The first kappa shape index (κ1) is 24.7. The van der Waals surface area contributed by atoms with E-state index in [1.807, 2.05) is 91.0 Å². The van der Waals surface area contributed by atoms with Gasteiger partial charge in [0, 0.05) is 11.3 Å². The summed E-state index contributed by atoms with van der Waals surface area (Å²) in [5, 5.41) is 11.6. The lowest BCUT2D eigenvalue weighted by Crippen LogP contribution is -2.29. The van der Waals surface area contributed by atoms with Gasteiger partial charge in [-0.05, 0) is 78.3 Å². The normalized spacial score (nSPS) is 18.2. The van der Waals surface area contributed by atoms with Crippen LogP contribution in [-0.4, -0.2) is 16.8 Å². The number of Topliss-reactive ketones (excluding diaryl/α,β-unsaturated/α-hetero) is 1. The third-order valence-electron chi connectivity index (χ3n) is 7.52. The molecule has 1 N–H and O–H groups in total. The average Bonchev–Trinajstić information content (AvgIpc) is 3.26. The molecule has 39 heavy (non-hydrogen) atoms. The monoisotopic (exact) mass is 515 g/mol. The van der Waals surface area contributed by atoms with Crippen LogP contribution in [0.4, 0.5) is 5.69 Å². The average molecular weight is 516 g/mol. The van der Waals surface area contributed by atoms with Gasteiger partial charge in [-0.15, -0.1) is 0 Å². The minimum Gasteiger partial charge on any atom is -0.507 e. The molecule has 0 bridgehead atoms. The van der Waals surface area contributed by atoms with Crippen LogP contribution in [-0.2, 0) is 29.0 Å². The lowest BCUT2D eigenvalue weighted by Gasteiger charge is -2.26. The van der Waals surface area contributed by atoms with Gasteiger partial charge in [-0.1, -0.05) is 72.8 Å². The second-order valence-corrected chi connectivity index (χ2v) is 10.0. The van der Waals surface area contributed by atoms with E-state index in [9.17, 15) is 14.7 Å². The van der Waals surface area contributed by atoms with E-state index in [0.717, 1.165) is 31.2 Å². The SMILES string of the molecule is O=C1C(=O)N(c2ccccc2)C(c2cccc(OCc3ccccc3)c2)/C1=C(/O)c1ccc2c(c1)CCCC2. The molecule has 0 aromatic heterocycles. The number of ketones is 1. The molecule has 194 valence electrons. The Morgan fingerprint density at radius 1 is 0.795 bits per heavy atom. The molecule has 4 aromatic carbocycles. The van der Waals surface area contributed by atoms with Gasteiger partial charge in [0.25, 0.3) is 11.7 Å². The van der Waals surface area contributed by atoms with E-state index in [0.29, 0.717) is 29.2 Å². The predicted octanol–water partition coefficient (Wildman–Crippen LogP) is 6.77. The number of benzene rings is 4. The Bertz CT molecular complexity index is 1560. The molecule has 5 heteroatoms. The number of carbonyl (C=O) groups excluding carboxylic acids is 2. The fraction of sp³-hybridized carbons (Fsp3) is 0.176. The van der Waals surface area contributed by atoms with E-state index in [4.69, 9.17) is 4.74 Å². The number of aliphatic hydroxyl groups is 1. The van der Waals surface area contributed by atoms with E-state index >= 15 is 0 Å². The van der Waals surface area contributed by atoms with Gasteiger partial charge in [0.2, 0.25) is 0 Å². The van der Waals surface area contributed by atoms with Crippen LogP contribution in [0.25, 0.3) is 5.76 Å². The number of fused-ring (bicyclic) bond motifs is 1. The summed E-state index contributed by atoms with van der Waals surface area (Å²) in [5.41, 5.74) is 5.42. The van der Waals surface area contributed by atoms with E-state index in [-0.39, 0.29) is 11.3 Å². The maximum atomic E-state index is 13.5. The highest BCUT2D eigenvalue weighted by Crippen LogP contribution is 2.43. The van der Waals surface area contributed by atoms with Crippen LogP contribution >= 0.6 is 0 Å². The standard InChI is InChI=1S/C34H29NO4/c36-32(27-19-18-24-12-7-8-13-25(24)20-27)30-31(35(34(38)33(30)37)28-15-5-2-6-16-28)26-14-9-17-29(21-26)39-22-23-10-3-1-4-11-23/h1-6,9-11,14-21,31,36H,7-8,12-13,22H2/b32-30-. The number of nitrogens with zero attached hydrogens (tertiary/aromatic N) is 1. The molecule has 6 rings (SSSR count). The number of carbonyl (C=O) groups is 2. The minimum absolute atomic E-state index is 0.0832. The second kappa shape index (κ2) is 10.6. The van der Waals surface area contributed by atoms with E-state index in [2.05, 4.69) is 0 Å². The highest BCUT2D eigenvalue weighted by Gasteiger charge is 2.47. The lowest BCUT2D eigenvalue weighted by molar-refractivity contribution is -0.132. The van der Waals surface area contributed by atoms with Gasteiger partial charge in [0.05, 0.1) is 11.6 Å². The zero-order valence-corrected chi connectivity index (χ0v) is 21.5. The third-order valence-corrected chi connectivity index (χ3v) is 7.52. The fourth-order valence-electron chi connectivity index (χ4n) is 5.55. The van der Waals surface area contributed by atoms with Crippen molar-refractivity contribution in [2.75, 3.05) is 4.90 Å². The molecule has 1 atom stereocenters. The number of aliphatic hydroxyl groups excluding tert-OH is 1. The third kappa shape index (κ3) is 4.84. The van der Waals surface area contributed by atoms with Gasteiger partial charge in [-0.25, -0.2) is 0 Å². The van der Waals surface area contributed by atoms with Crippen LogP contribution in [0, 0.1) is 0 Å². The smallest absolute Gasteiger partial charge is 0.300 e. The maximum absolute atomic E-state index is 13.5. The quantitative estimate of drug-likeness (QED) is 0.175. The Hall–Kier alpha value is -4.64. The second-order valence-electron chi connectivity index (χ2n) is 10.0. The number of amides is 1. The summed E-state index contributed by atoms with van der Waals surface area (Å²) in [4.78, 5) is 28.5. The molecule has 1 aliphatic heterocycles. The molecular weight excluding hydrogens is 486 g/mol. The molecule has 0 saturated carbocycles. The molecule has 1 aliphatic carbocycles. The number of hydrogen-bond donors (Lipinski definition) is 1. The van der Waals surface area contributed by atoms with Crippen LogP contribution in [0.15, 0.2) is 109 Å². The van der Waals surface area contributed by atoms with Crippen molar-refractivity contribution in [2.24, 2.45) is 0 Å². The first-order valence-electron chi connectivity index (χ1n) is 13.3. The summed E-state index contributed by atoms with van der Waals surface area (Å²) in [6.07, 6.45) is 4.22. The summed E-state index contributed by atoms with van der Waals surface area (Å²) in [6.45, 7) is 0.387. The number of ether oxygens (including phenoxy) is 1. The van der Waals surface area contributed by atoms with Crippen LogP contribution in [0.1, 0.15) is 46.7 Å². The van der Waals surface area contributed by atoms with Gasteiger partial charge in [0.15, 0.2) is 0 Å². The van der Waals surface area contributed by atoms with Crippen LogP contribution in [0.2, 0.25) is 0 Å². The highest BCUT2D eigenvalue weighted by atomic mass is 16.5. The first-order valence-corrected chi connectivity index (χ1v) is 13.3. The van der Waals surface area contributed by atoms with Crippen molar-refractivity contribution in [2.45, 2.75) is 38.3 Å². The topological polar surface area (TPSA) is 66.8 Å². The molecule has 1 fully saturated rings. The van der Waals surface area contributed by atoms with Crippen molar-refractivity contribution in [1.29, 1.82) is 0 Å². The van der Waals surface area contributed by atoms with Gasteiger partial charge in [-0.2, -0.15) is 0 Å². The van der Waals surface area contributed by atoms with Crippen molar-refractivity contribution >= 4 is 23.1 Å². The molecule has 1 unspecified atom stereocenters. The van der Waals surface area contributed by atoms with Crippen LogP contribution < -0.4 is 9.64 Å². The number of hydrogen-bond acceptors (Lipinski definition) is 4. The van der Waals surface area contributed by atoms with Gasteiger partial charge in [0.1, 0.15) is 18.1 Å². The van der Waals surface area contributed by atoms with Crippen molar-refractivity contribution in [3.63, 3.8) is 0 Å². The first-order chi connectivity index (χ1) is 19.1. The molecule has 0 radical (unpaired) electrons. The fourth-order valence-corrected chi connectivity index (χ4v) is 5.55. The predicted molar refractivity (Wildman–Crippen MR) is 152 cm³/mol. The summed E-state index contributed by atoms with van der Waals surface area (Å²) in [6, 6.07) is 31.4. The summed E-state index contributed by atoms with van der Waals surface area (Å²) in [7, 11) is 0. The molecule has 0 spiro atoms. The Kier molecular flexibility index (Phi) is 6.72. The molecule has 4 aromatic rings. The van der Waals surface area contributed by atoms with Gasteiger partial charge >= 0.3 is 0 Å². The van der Waals surface area contributed by atoms with Gasteiger partial charge < -0.3 is 9.84 Å². The zero-order valence-electron chi connectivity index (χ0n) is 21.5. The maximum Gasteiger partial charge on any atom is 0.300 e. The van der Waals surface area contributed by atoms with E-state index in [1.165, 1.54) is 16.0 Å². The van der Waals surface area contributed by atoms with Crippen molar-refractivity contribution in [3.8, 4) is 5.75 Å². The summed E-state index contributed by atoms with van der Waals surface area (Å²) < 4.78 is 6.06. The minimum atomic E-state index is -0.802. The van der Waals surface area contributed by atoms with E-state index in [1.54, 1.807) is 12.1 Å². The Morgan fingerprint density at radius 3 is 2.28 bits per heavy atom. The number of para-hydroxylation sites is 1. The Balaban J connectivity index is 1.44. The van der Waals surface area contributed by atoms with Crippen LogP contribution in [0.3, 0.4) is 0 Å². The number of anilines is 1. The molecular formula is C34H29NO4. The Morgan fingerprint density at radius 2 is 1.51 bits per heavy atom. The molecule has 2 aliphatic rings.